The molecule has 0 aromatic heterocycles. The fraction of sp³-hybridized carbons (Fsp3) is 0.556. The number of esters is 4. The molecule has 0 unspecified atom stereocenters. The van der Waals surface area contributed by atoms with Crippen molar-refractivity contribution in [1.29, 1.82) is 0 Å². The Bertz CT molecular complexity index is 1110. The Hall–Kier alpha value is -3.76. The third-order valence-electron chi connectivity index (χ3n) is 6.70. The van der Waals surface area contributed by atoms with Gasteiger partial charge in [0.25, 0.3) is 0 Å². The first-order valence-electron chi connectivity index (χ1n) is 16.2. The zero-order valence-corrected chi connectivity index (χ0v) is 28.0. The second-order valence-corrected chi connectivity index (χ2v) is 10.5. The molecule has 0 amide bonds. The van der Waals surface area contributed by atoms with Gasteiger partial charge in [-0.1, -0.05) is 39.5 Å². The topological polar surface area (TPSA) is 124 Å². The number of benzene rings is 2. The zero-order chi connectivity index (χ0) is 33.8. The second-order valence-electron chi connectivity index (χ2n) is 10.5. The van der Waals surface area contributed by atoms with E-state index in [2.05, 4.69) is 23.3 Å². The molecule has 0 radical (unpaired) electrons. The molecule has 0 aliphatic carbocycles. The molecule has 0 atom stereocenters. The van der Waals surface area contributed by atoms with Crippen LogP contribution in [0.1, 0.15) is 119 Å². The minimum atomic E-state index is -0.431. The minimum Gasteiger partial charge on any atom is -0.465 e. The van der Waals surface area contributed by atoms with Crippen LogP contribution in [0.25, 0.3) is 0 Å². The van der Waals surface area contributed by atoms with Gasteiger partial charge in [-0.25, -0.2) is 19.2 Å². The Kier molecular flexibility index (Phi) is 23.2. The van der Waals surface area contributed by atoms with E-state index in [4.69, 9.17) is 18.9 Å². The van der Waals surface area contributed by atoms with E-state index < -0.39 is 17.9 Å². The molecule has 0 saturated heterocycles. The molecule has 0 aliphatic heterocycles. The van der Waals surface area contributed by atoms with Gasteiger partial charge in [0.2, 0.25) is 0 Å². The maximum atomic E-state index is 11.9. The Morgan fingerprint density at radius 3 is 0.978 bits per heavy atom. The largest absolute Gasteiger partial charge is 0.465 e. The third kappa shape index (κ3) is 18.3. The summed E-state index contributed by atoms with van der Waals surface area (Å²) in [6.45, 7) is 8.15. The molecule has 10 nitrogen and oxygen atoms in total. The fourth-order valence-corrected chi connectivity index (χ4v) is 3.94. The van der Waals surface area contributed by atoms with Crippen molar-refractivity contribution in [3.63, 3.8) is 0 Å². The average molecular weight is 645 g/mol. The number of carbonyl (C=O) groups excluding carboxylic acids is 4. The predicted octanol–water partition coefficient (Wildman–Crippen LogP) is 7.23. The van der Waals surface area contributed by atoms with Crippen LogP contribution in [0.15, 0.2) is 48.5 Å². The van der Waals surface area contributed by atoms with E-state index in [9.17, 15) is 19.2 Å². The molecule has 0 saturated carbocycles. The maximum Gasteiger partial charge on any atom is 0.338 e. The maximum absolute atomic E-state index is 11.9. The van der Waals surface area contributed by atoms with E-state index >= 15 is 0 Å². The number of methoxy groups -OCH3 is 2. The quantitative estimate of drug-likeness (QED) is 0.0736. The molecule has 256 valence electrons. The van der Waals surface area contributed by atoms with Gasteiger partial charge in [-0.3, -0.25) is 0 Å². The molecular formula is C36H52O10. The molecule has 0 N–H and O–H groups in total. The summed E-state index contributed by atoms with van der Waals surface area (Å²) in [7, 11) is 2.64. The van der Waals surface area contributed by atoms with Crippen LogP contribution in [0.2, 0.25) is 0 Å². The molecule has 0 heterocycles. The Balaban J connectivity index is 0.000000506. The zero-order valence-electron chi connectivity index (χ0n) is 28.0. The smallest absolute Gasteiger partial charge is 0.338 e. The number of hydrogen-bond donors (Lipinski definition) is 0. The van der Waals surface area contributed by atoms with Gasteiger partial charge in [-0.2, -0.15) is 0 Å². The summed E-state index contributed by atoms with van der Waals surface area (Å²) in [4.78, 5) is 46.1. The highest BCUT2D eigenvalue weighted by molar-refractivity contribution is 5.94. The highest BCUT2D eigenvalue weighted by Gasteiger charge is 2.11. The van der Waals surface area contributed by atoms with Gasteiger partial charge < -0.3 is 28.4 Å². The minimum absolute atomic E-state index is 0.354. The normalized spacial score (nSPS) is 10.3. The van der Waals surface area contributed by atoms with Crippen LogP contribution in [0.4, 0.5) is 0 Å². The van der Waals surface area contributed by atoms with Gasteiger partial charge >= 0.3 is 23.9 Å². The van der Waals surface area contributed by atoms with Crippen molar-refractivity contribution < 1.29 is 47.6 Å². The van der Waals surface area contributed by atoms with E-state index in [-0.39, 0.29) is 5.97 Å². The highest BCUT2D eigenvalue weighted by Crippen LogP contribution is 2.09. The molecular weight excluding hydrogens is 592 g/mol. The van der Waals surface area contributed by atoms with Crippen LogP contribution in [-0.2, 0) is 28.4 Å². The molecule has 10 heteroatoms. The lowest BCUT2D eigenvalue weighted by molar-refractivity contribution is 0.0475. The number of unbranched alkanes of at least 4 members (excludes halogenated alkanes) is 6. The Labute approximate surface area is 274 Å². The average Bonchev–Trinajstić information content (AvgIpc) is 3.09. The SMILES string of the molecule is CCCCCOC(=O)c1ccc(C(=O)OC)cc1.CCCCCOCCCCOCCCCOC(=O)c1ccc(C(=O)OC)cc1. The number of rotatable bonds is 22. The van der Waals surface area contributed by atoms with Gasteiger partial charge in [-0.05, 0) is 87.1 Å². The monoisotopic (exact) mass is 644 g/mol. The summed E-state index contributed by atoms with van der Waals surface area (Å²) in [6.07, 6.45) is 10.3. The van der Waals surface area contributed by atoms with E-state index in [0.717, 1.165) is 71.2 Å². The molecule has 0 aliphatic rings. The van der Waals surface area contributed by atoms with E-state index in [0.29, 0.717) is 42.1 Å². The van der Waals surface area contributed by atoms with Gasteiger partial charge in [0.05, 0.1) is 49.7 Å². The standard InChI is InChI=1S/C22H34O6.C14H18O4/c1-3-4-5-14-26-15-6-7-16-27-17-8-9-18-28-22(24)20-12-10-19(11-13-20)21(23)25-2;1-3-4-5-10-18-14(16)12-8-6-11(7-9-12)13(15)17-2/h10-13H,3-9,14-18H2,1-2H3;6-9H,3-5,10H2,1-2H3. The lowest BCUT2D eigenvalue weighted by atomic mass is 10.1. The van der Waals surface area contributed by atoms with Gasteiger partial charge in [0.1, 0.15) is 0 Å². The first kappa shape index (κ1) is 40.3. The Morgan fingerprint density at radius 1 is 0.413 bits per heavy atom. The summed E-state index contributed by atoms with van der Waals surface area (Å²) >= 11 is 0. The predicted molar refractivity (Wildman–Crippen MR) is 175 cm³/mol. The van der Waals surface area contributed by atoms with Crippen LogP contribution < -0.4 is 0 Å². The first-order chi connectivity index (χ1) is 22.4. The van der Waals surface area contributed by atoms with Crippen LogP contribution in [0, 0.1) is 0 Å². The summed E-state index contributed by atoms with van der Waals surface area (Å²) in [5.74, 6) is -1.60. The van der Waals surface area contributed by atoms with Gasteiger partial charge in [-0.15, -0.1) is 0 Å². The first-order valence-corrected chi connectivity index (χ1v) is 16.2. The van der Waals surface area contributed by atoms with Crippen LogP contribution in [0.5, 0.6) is 0 Å². The van der Waals surface area contributed by atoms with Crippen molar-refractivity contribution in [2.75, 3.05) is 53.9 Å². The van der Waals surface area contributed by atoms with Crippen molar-refractivity contribution in [1.82, 2.24) is 0 Å². The van der Waals surface area contributed by atoms with Crippen molar-refractivity contribution >= 4 is 23.9 Å². The lowest BCUT2D eigenvalue weighted by Gasteiger charge is -2.07. The highest BCUT2D eigenvalue weighted by atomic mass is 16.5. The van der Waals surface area contributed by atoms with E-state index in [1.807, 2.05) is 0 Å². The van der Waals surface area contributed by atoms with E-state index in [1.165, 1.54) is 27.1 Å². The van der Waals surface area contributed by atoms with Crippen molar-refractivity contribution in [3.8, 4) is 0 Å². The van der Waals surface area contributed by atoms with Crippen molar-refractivity contribution in [2.24, 2.45) is 0 Å². The molecule has 2 aromatic carbocycles. The van der Waals surface area contributed by atoms with Crippen LogP contribution in [0.3, 0.4) is 0 Å². The van der Waals surface area contributed by atoms with Gasteiger partial charge in [0.15, 0.2) is 0 Å². The number of ether oxygens (including phenoxy) is 6. The molecule has 2 rings (SSSR count). The number of carbonyl (C=O) groups is 4. The molecule has 0 fully saturated rings. The molecule has 46 heavy (non-hydrogen) atoms. The number of hydrogen-bond acceptors (Lipinski definition) is 10. The van der Waals surface area contributed by atoms with Crippen molar-refractivity contribution in [3.05, 3.63) is 70.8 Å². The van der Waals surface area contributed by atoms with Crippen LogP contribution in [-0.4, -0.2) is 77.7 Å². The third-order valence-corrected chi connectivity index (χ3v) is 6.70. The van der Waals surface area contributed by atoms with Crippen molar-refractivity contribution in [2.45, 2.75) is 78.1 Å². The summed E-state index contributed by atoms with van der Waals surface area (Å²) in [5.41, 5.74) is 1.68. The molecule has 0 bridgehead atoms. The molecule has 0 spiro atoms. The molecule has 2 aromatic rings. The Morgan fingerprint density at radius 2 is 0.674 bits per heavy atom. The summed E-state index contributed by atoms with van der Waals surface area (Å²) < 4.78 is 30.7. The lowest BCUT2D eigenvalue weighted by Crippen LogP contribution is -2.08. The summed E-state index contributed by atoms with van der Waals surface area (Å²) in [5, 5.41) is 0. The fourth-order valence-electron chi connectivity index (χ4n) is 3.94. The summed E-state index contributed by atoms with van der Waals surface area (Å²) in [6, 6.07) is 12.4. The van der Waals surface area contributed by atoms with Crippen LogP contribution >= 0.6 is 0 Å². The second kappa shape index (κ2) is 26.5. The van der Waals surface area contributed by atoms with Gasteiger partial charge in [0, 0.05) is 26.4 Å². The van der Waals surface area contributed by atoms with E-state index in [1.54, 1.807) is 48.5 Å².